The van der Waals surface area contributed by atoms with Crippen LogP contribution in [-0.2, 0) is 28.6 Å². The largest absolute Gasteiger partial charge is 0.462 e. The Morgan fingerprint density at radius 1 is 0.352 bits per heavy atom. The molecular formula is C48H92O6. The highest BCUT2D eigenvalue weighted by atomic mass is 16.6. The summed E-state index contributed by atoms with van der Waals surface area (Å²) >= 11 is 0. The van der Waals surface area contributed by atoms with Gasteiger partial charge in [0.15, 0.2) is 6.10 Å². The molecule has 0 bridgehead atoms. The van der Waals surface area contributed by atoms with E-state index in [4.69, 9.17) is 14.2 Å². The number of hydrogen-bond donors (Lipinski definition) is 0. The average Bonchev–Trinajstić information content (AvgIpc) is 3.14. The molecule has 0 saturated carbocycles. The van der Waals surface area contributed by atoms with Gasteiger partial charge in [0, 0.05) is 19.3 Å². The van der Waals surface area contributed by atoms with E-state index >= 15 is 0 Å². The van der Waals surface area contributed by atoms with Gasteiger partial charge in [-0.1, -0.05) is 221 Å². The third kappa shape index (κ3) is 41.6. The molecule has 0 aromatic heterocycles. The van der Waals surface area contributed by atoms with Gasteiger partial charge in [0.05, 0.1) is 0 Å². The van der Waals surface area contributed by atoms with E-state index in [1.807, 2.05) is 0 Å². The highest BCUT2D eigenvalue weighted by molar-refractivity contribution is 5.71. The fraction of sp³-hybridized carbons (Fsp3) is 0.938. The molecule has 0 aliphatic rings. The molecule has 6 heteroatoms. The summed E-state index contributed by atoms with van der Waals surface area (Å²) in [6.07, 6.45) is 39.6. The minimum absolute atomic E-state index is 0.0649. The molecule has 1 atom stereocenters. The summed E-state index contributed by atoms with van der Waals surface area (Å²) in [7, 11) is 0. The second kappa shape index (κ2) is 41.1. The van der Waals surface area contributed by atoms with Crippen LogP contribution in [0.25, 0.3) is 0 Å². The highest BCUT2D eigenvalue weighted by Gasteiger charge is 2.19. The summed E-state index contributed by atoms with van der Waals surface area (Å²) in [5.74, 6) is 0.797. The number of unbranched alkanes of at least 4 members (excludes halogenated alkanes) is 27. The molecule has 0 heterocycles. The number of ether oxygens (including phenoxy) is 3. The van der Waals surface area contributed by atoms with Crippen LogP contribution in [0.2, 0.25) is 0 Å². The highest BCUT2D eigenvalue weighted by Crippen LogP contribution is 2.17. The Morgan fingerprint density at radius 2 is 0.611 bits per heavy atom. The number of rotatable bonds is 42. The molecule has 0 unspecified atom stereocenters. The van der Waals surface area contributed by atoms with Crippen molar-refractivity contribution in [1.29, 1.82) is 0 Å². The Balaban J connectivity index is 4.20. The molecule has 0 N–H and O–H groups in total. The molecule has 0 aromatic carbocycles. The Bertz CT molecular complexity index is 824. The summed E-state index contributed by atoms with van der Waals surface area (Å²) < 4.78 is 16.7. The predicted molar refractivity (Wildman–Crippen MR) is 229 cm³/mol. The van der Waals surface area contributed by atoms with Crippen molar-refractivity contribution in [2.45, 2.75) is 265 Å². The molecule has 54 heavy (non-hydrogen) atoms. The van der Waals surface area contributed by atoms with Crippen LogP contribution in [-0.4, -0.2) is 37.2 Å². The third-order valence-corrected chi connectivity index (χ3v) is 10.7. The van der Waals surface area contributed by atoms with Gasteiger partial charge in [-0.2, -0.15) is 0 Å². The lowest BCUT2D eigenvalue weighted by molar-refractivity contribution is -0.167. The molecule has 0 aromatic rings. The van der Waals surface area contributed by atoms with Gasteiger partial charge >= 0.3 is 17.9 Å². The van der Waals surface area contributed by atoms with E-state index < -0.39 is 6.10 Å². The Hall–Kier alpha value is -1.59. The molecule has 6 nitrogen and oxygen atoms in total. The van der Waals surface area contributed by atoms with Gasteiger partial charge in [0.1, 0.15) is 13.2 Å². The Morgan fingerprint density at radius 3 is 0.907 bits per heavy atom. The van der Waals surface area contributed by atoms with E-state index in [0.717, 1.165) is 69.6 Å². The smallest absolute Gasteiger partial charge is 0.306 e. The van der Waals surface area contributed by atoms with E-state index in [1.165, 1.54) is 148 Å². The maximum absolute atomic E-state index is 12.6. The van der Waals surface area contributed by atoms with Crippen LogP contribution >= 0.6 is 0 Å². The minimum Gasteiger partial charge on any atom is -0.462 e. The molecule has 0 radical (unpaired) electrons. The topological polar surface area (TPSA) is 78.9 Å². The summed E-state index contributed by atoms with van der Waals surface area (Å²) in [5.41, 5.74) is 0. The fourth-order valence-electron chi connectivity index (χ4n) is 7.11. The van der Waals surface area contributed by atoms with Crippen molar-refractivity contribution in [3.63, 3.8) is 0 Å². The minimum atomic E-state index is -0.759. The first-order valence-electron chi connectivity index (χ1n) is 23.7. The van der Waals surface area contributed by atoms with Crippen LogP contribution < -0.4 is 0 Å². The van der Waals surface area contributed by atoms with Crippen molar-refractivity contribution < 1.29 is 28.6 Å². The van der Waals surface area contributed by atoms with Crippen LogP contribution in [0, 0.1) is 11.8 Å². The molecule has 0 rings (SSSR count). The van der Waals surface area contributed by atoms with E-state index in [1.54, 1.807) is 0 Å². The summed E-state index contributed by atoms with van der Waals surface area (Å²) in [6.45, 7) is 11.3. The number of carbonyl (C=O) groups excluding carboxylic acids is 3. The van der Waals surface area contributed by atoms with Crippen LogP contribution in [0.1, 0.15) is 259 Å². The lowest BCUT2D eigenvalue weighted by Crippen LogP contribution is -2.30. The van der Waals surface area contributed by atoms with Crippen molar-refractivity contribution in [2.24, 2.45) is 11.8 Å². The first-order chi connectivity index (χ1) is 26.2. The molecule has 0 aliphatic carbocycles. The van der Waals surface area contributed by atoms with Gasteiger partial charge < -0.3 is 14.2 Å². The first-order valence-corrected chi connectivity index (χ1v) is 23.7. The van der Waals surface area contributed by atoms with Crippen molar-refractivity contribution in [1.82, 2.24) is 0 Å². The fourth-order valence-corrected chi connectivity index (χ4v) is 7.11. The predicted octanol–water partition coefficient (Wildman–Crippen LogP) is 15.0. The SMILES string of the molecule is CCCCCCCCCC(=O)O[C@H](COC(=O)CCCCCCCCCCCCCCCC(C)C)COC(=O)CCCCCCCCCCCCC(C)C. The van der Waals surface area contributed by atoms with Gasteiger partial charge in [-0.15, -0.1) is 0 Å². The maximum atomic E-state index is 12.6. The normalized spacial score (nSPS) is 12.1. The quantitative estimate of drug-likeness (QED) is 0.0350. The lowest BCUT2D eigenvalue weighted by atomic mass is 10.0. The number of carbonyl (C=O) groups is 3. The number of hydrogen-bond acceptors (Lipinski definition) is 6. The van der Waals surface area contributed by atoms with Crippen LogP contribution in [0.3, 0.4) is 0 Å². The molecule has 0 aliphatic heterocycles. The lowest BCUT2D eigenvalue weighted by Gasteiger charge is -2.18. The summed E-state index contributed by atoms with van der Waals surface area (Å²) in [6, 6.07) is 0. The zero-order valence-corrected chi connectivity index (χ0v) is 36.8. The van der Waals surface area contributed by atoms with Gasteiger partial charge in [0.2, 0.25) is 0 Å². The van der Waals surface area contributed by atoms with Crippen LogP contribution in [0.15, 0.2) is 0 Å². The van der Waals surface area contributed by atoms with Crippen molar-refractivity contribution in [3.05, 3.63) is 0 Å². The Labute approximate surface area is 336 Å². The van der Waals surface area contributed by atoms with E-state index in [2.05, 4.69) is 34.6 Å². The monoisotopic (exact) mass is 765 g/mol. The van der Waals surface area contributed by atoms with Crippen molar-refractivity contribution in [3.8, 4) is 0 Å². The molecular weight excluding hydrogens is 673 g/mol. The second-order valence-corrected chi connectivity index (χ2v) is 17.3. The van der Waals surface area contributed by atoms with E-state index in [0.29, 0.717) is 19.3 Å². The van der Waals surface area contributed by atoms with Gasteiger partial charge in [-0.3, -0.25) is 14.4 Å². The summed E-state index contributed by atoms with van der Waals surface area (Å²) in [4.78, 5) is 37.6. The molecule has 320 valence electrons. The third-order valence-electron chi connectivity index (χ3n) is 10.7. The van der Waals surface area contributed by atoms with Crippen molar-refractivity contribution in [2.75, 3.05) is 13.2 Å². The van der Waals surface area contributed by atoms with Gasteiger partial charge in [-0.25, -0.2) is 0 Å². The maximum Gasteiger partial charge on any atom is 0.306 e. The zero-order valence-electron chi connectivity index (χ0n) is 36.8. The zero-order chi connectivity index (χ0) is 39.7. The molecule has 0 amide bonds. The summed E-state index contributed by atoms with van der Waals surface area (Å²) in [5, 5.41) is 0. The van der Waals surface area contributed by atoms with Gasteiger partial charge in [-0.05, 0) is 31.1 Å². The second-order valence-electron chi connectivity index (χ2n) is 17.3. The van der Waals surface area contributed by atoms with E-state index in [9.17, 15) is 14.4 Å². The molecule has 0 saturated heterocycles. The average molecular weight is 765 g/mol. The molecule has 0 spiro atoms. The van der Waals surface area contributed by atoms with Crippen LogP contribution in [0.5, 0.6) is 0 Å². The van der Waals surface area contributed by atoms with Crippen molar-refractivity contribution >= 4 is 17.9 Å². The standard InChI is InChI=1S/C48H92O6/c1-6-7-8-9-21-30-35-40-48(51)54-45(42-53-47(50)39-34-29-25-20-16-15-18-23-27-32-37-44(4)5)41-52-46(49)38-33-28-24-19-14-12-10-11-13-17-22-26-31-36-43(2)3/h43-45H,6-42H2,1-5H3/t45-/m1/s1. The Kier molecular flexibility index (Phi) is 39.8. The first kappa shape index (κ1) is 52.4. The van der Waals surface area contributed by atoms with Crippen LogP contribution in [0.4, 0.5) is 0 Å². The van der Waals surface area contributed by atoms with Gasteiger partial charge in [0.25, 0.3) is 0 Å². The number of esters is 3. The molecule has 0 fully saturated rings. The van der Waals surface area contributed by atoms with E-state index in [-0.39, 0.29) is 31.1 Å².